The molecule has 2 heteroatoms. The van der Waals surface area contributed by atoms with Crippen LogP contribution >= 0.6 is 0 Å². The highest BCUT2D eigenvalue weighted by atomic mass is 16.4. The Morgan fingerprint density at radius 3 is 2.19 bits per heavy atom. The van der Waals surface area contributed by atoms with Crippen LogP contribution in [0.4, 0.5) is 0 Å². The monoisotopic (exact) mass is 344 g/mol. The second-order valence-corrected chi connectivity index (χ2v) is 7.25. The molecule has 4 aromatic carbocycles. The number of aliphatic carboxylic acids is 1. The van der Waals surface area contributed by atoms with Gasteiger partial charge in [0.1, 0.15) is 0 Å². The average molecular weight is 344 g/mol. The SMILES string of the molecule is CCCCCCC(C(=O)O)c1ccc2ccc3cccc4ccc1c2c34. The molecule has 0 aliphatic carbocycles. The fraction of sp³-hybridized carbons (Fsp3) is 0.292. The number of carboxylic acids is 1. The van der Waals surface area contributed by atoms with Gasteiger partial charge < -0.3 is 5.11 Å². The molecule has 4 rings (SSSR count). The van der Waals surface area contributed by atoms with Crippen LogP contribution in [-0.4, -0.2) is 11.1 Å². The molecule has 2 nitrogen and oxygen atoms in total. The zero-order valence-electron chi connectivity index (χ0n) is 15.2. The highest BCUT2D eigenvalue weighted by molar-refractivity contribution is 6.23. The van der Waals surface area contributed by atoms with Gasteiger partial charge in [-0.25, -0.2) is 0 Å². The summed E-state index contributed by atoms with van der Waals surface area (Å²) in [5.74, 6) is -1.15. The zero-order chi connectivity index (χ0) is 18.1. The lowest BCUT2D eigenvalue weighted by molar-refractivity contribution is -0.139. The highest BCUT2D eigenvalue weighted by Crippen LogP contribution is 2.39. The van der Waals surface area contributed by atoms with Crippen molar-refractivity contribution in [2.75, 3.05) is 0 Å². The van der Waals surface area contributed by atoms with E-state index in [1.54, 1.807) is 0 Å². The predicted octanol–water partition coefficient (Wildman–Crippen LogP) is 6.72. The van der Waals surface area contributed by atoms with E-state index >= 15 is 0 Å². The van der Waals surface area contributed by atoms with Crippen molar-refractivity contribution in [3.63, 3.8) is 0 Å². The highest BCUT2D eigenvalue weighted by Gasteiger charge is 2.22. The zero-order valence-corrected chi connectivity index (χ0v) is 15.2. The van der Waals surface area contributed by atoms with Gasteiger partial charge in [0.15, 0.2) is 0 Å². The first-order chi connectivity index (χ1) is 12.7. The van der Waals surface area contributed by atoms with Crippen LogP contribution in [0.5, 0.6) is 0 Å². The van der Waals surface area contributed by atoms with Gasteiger partial charge in [-0.15, -0.1) is 0 Å². The fourth-order valence-electron chi connectivity index (χ4n) is 4.25. The van der Waals surface area contributed by atoms with Crippen LogP contribution in [0.25, 0.3) is 32.3 Å². The Kier molecular flexibility index (Phi) is 4.50. The molecule has 0 fully saturated rings. The third-order valence-corrected chi connectivity index (χ3v) is 5.58. The van der Waals surface area contributed by atoms with Gasteiger partial charge in [0.2, 0.25) is 0 Å². The van der Waals surface area contributed by atoms with Gasteiger partial charge in [-0.1, -0.05) is 87.2 Å². The molecule has 0 amide bonds. The van der Waals surface area contributed by atoms with E-state index in [1.165, 1.54) is 33.4 Å². The standard InChI is InChI=1S/C24H24O2/c1-2-3-4-5-9-21(24(25)26)19-14-12-18-11-10-16-7-6-8-17-13-15-20(19)23(18)22(16)17/h6-8,10-15,21H,2-5,9H2,1H3,(H,25,26). The summed E-state index contributed by atoms with van der Waals surface area (Å²) < 4.78 is 0. The van der Waals surface area contributed by atoms with E-state index in [4.69, 9.17) is 0 Å². The third kappa shape index (κ3) is 2.80. The van der Waals surface area contributed by atoms with Crippen LogP contribution in [0.1, 0.15) is 50.5 Å². The summed E-state index contributed by atoms with van der Waals surface area (Å²) in [7, 11) is 0. The molecular formula is C24H24O2. The number of carbonyl (C=O) groups is 1. The minimum atomic E-state index is -0.712. The van der Waals surface area contributed by atoms with Gasteiger partial charge >= 0.3 is 5.97 Å². The molecule has 0 heterocycles. The largest absolute Gasteiger partial charge is 0.481 e. The summed E-state index contributed by atoms with van der Waals surface area (Å²) in [5.41, 5.74) is 0.958. The smallest absolute Gasteiger partial charge is 0.310 e. The fourth-order valence-corrected chi connectivity index (χ4v) is 4.25. The van der Waals surface area contributed by atoms with Crippen LogP contribution < -0.4 is 0 Å². The van der Waals surface area contributed by atoms with Crippen LogP contribution in [0.15, 0.2) is 54.6 Å². The van der Waals surface area contributed by atoms with Crippen molar-refractivity contribution in [1.29, 1.82) is 0 Å². The van der Waals surface area contributed by atoms with E-state index in [-0.39, 0.29) is 0 Å². The number of carboxylic acid groups (broad SMARTS) is 1. The summed E-state index contributed by atoms with van der Waals surface area (Å²) in [6.45, 7) is 2.18. The maximum absolute atomic E-state index is 12.0. The predicted molar refractivity (Wildman–Crippen MR) is 109 cm³/mol. The molecule has 0 aliphatic heterocycles. The molecule has 0 saturated heterocycles. The van der Waals surface area contributed by atoms with Gasteiger partial charge in [-0.05, 0) is 44.3 Å². The van der Waals surface area contributed by atoms with E-state index in [1.807, 2.05) is 6.07 Å². The maximum atomic E-state index is 12.0. The molecule has 0 spiro atoms. The number of unbranched alkanes of at least 4 members (excludes halogenated alkanes) is 3. The molecule has 4 aromatic rings. The Bertz CT molecular complexity index is 1050. The van der Waals surface area contributed by atoms with Crippen LogP contribution in [0.2, 0.25) is 0 Å². The van der Waals surface area contributed by atoms with Crippen molar-refractivity contribution in [3.05, 3.63) is 60.2 Å². The van der Waals surface area contributed by atoms with E-state index in [9.17, 15) is 9.90 Å². The normalized spacial score (nSPS) is 13.0. The quantitative estimate of drug-likeness (QED) is 0.298. The minimum absolute atomic E-state index is 0.434. The summed E-state index contributed by atoms with van der Waals surface area (Å²) >= 11 is 0. The van der Waals surface area contributed by atoms with Crippen molar-refractivity contribution >= 4 is 38.3 Å². The molecule has 1 N–H and O–H groups in total. The molecule has 132 valence electrons. The van der Waals surface area contributed by atoms with Crippen LogP contribution in [0.3, 0.4) is 0 Å². The van der Waals surface area contributed by atoms with Gasteiger partial charge in [0.25, 0.3) is 0 Å². The Balaban J connectivity index is 1.87. The second-order valence-electron chi connectivity index (χ2n) is 7.25. The Morgan fingerprint density at radius 1 is 0.846 bits per heavy atom. The van der Waals surface area contributed by atoms with Crippen molar-refractivity contribution in [1.82, 2.24) is 0 Å². The van der Waals surface area contributed by atoms with Crippen molar-refractivity contribution in [2.45, 2.75) is 44.9 Å². The molecule has 1 unspecified atom stereocenters. The lowest BCUT2D eigenvalue weighted by atomic mass is 9.85. The molecule has 0 aromatic heterocycles. The molecular weight excluding hydrogens is 320 g/mol. The summed E-state index contributed by atoms with van der Waals surface area (Å²) in [6.07, 6.45) is 5.11. The van der Waals surface area contributed by atoms with E-state index in [0.717, 1.165) is 30.2 Å². The minimum Gasteiger partial charge on any atom is -0.481 e. The summed E-state index contributed by atoms with van der Waals surface area (Å²) in [5, 5.41) is 17.0. The lowest BCUT2D eigenvalue weighted by Crippen LogP contribution is -2.12. The molecule has 26 heavy (non-hydrogen) atoms. The van der Waals surface area contributed by atoms with Crippen molar-refractivity contribution < 1.29 is 9.90 Å². The molecule has 0 radical (unpaired) electrons. The molecule has 1 atom stereocenters. The van der Waals surface area contributed by atoms with E-state index < -0.39 is 11.9 Å². The first-order valence-corrected chi connectivity index (χ1v) is 9.60. The third-order valence-electron chi connectivity index (χ3n) is 5.58. The van der Waals surface area contributed by atoms with Gasteiger partial charge in [0, 0.05) is 0 Å². The Morgan fingerprint density at radius 2 is 1.50 bits per heavy atom. The van der Waals surface area contributed by atoms with E-state index in [0.29, 0.717) is 6.42 Å². The first-order valence-electron chi connectivity index (χ1n) is 9.60. The van der Waals surface area contributed by atoms with Gasteiger partial charge in [0.05, 0.1) is 5.92 Å². The molecule has 0 saturated carbocycles. The van der Waals surface area contributed by atoms with Crippen LogP contribution in [-0.2, 0) is 4.79 Å². The van der Waals surface area contributed by atoms with Crippen molar-refractivity contribution in [3.8, 4) is 0 Å². The van der Waals surface area contributed by atoms with Crippen LogP contribution in [0, 0.1) is 0 Å². The topological polar surface area (TPSA) is 37.3 Å². The van der Waals surface area contributed by atoms with Gasteiger partial charge in [-0.3, -0.25) is 4.79 Å². The number of rotatable bonds is 7. The maximum Gasteiger partial charge on any atom is 0.310 e. The molecule has 0 aliphatic rings. The van der Waals surface area contributed by atoms with Crippen molar-refractivity contribution in [2.24, 2.45) is 0 Å². The Hall–Kier alpha value is -2.61. The lowest BCUT2D eigenvalue weighted by Gasteiger charge is -2.18. The second kappa shape index (κ2) is 6.95. The van der Waals surface area contributed by atoms with Gasteiger partial charge in [-0.2, -0.15) is 0 Å². The number of benzene rings is 4. The molecule has 0 bridgehead atoms. The number of hydrogen-bond donors (Lipinski definition) is 1. The van der Waals surface area contributed by atoms with E-state index in [2.05, 4.69) is 55.5 Å². The summed E-state index contributed by atoms with van der Waals surface area (Å²) in [6, 6.07) is 19.0. The first kappa shape index (κ1) is 16.8. The summed E-state index contributed by atoms with van der Waals surface area (Å²) in [4.78, 5) is 12.0. The Labute approximate surface area is 153 Å². The average Bonchev–Trinajstić information content (AvgIpc) is 2.66. The number of hydrogen-bond acceptors (Lipinski definition) is 1.